The number of amides is 2. The molecule has 0 spiro atoms. The lowest BCUT2D eigenvalue weighted by atomic mass is 10.1. The van der Waals surface area contributed by atoms with Crippen molar-refractivity contribution in [3.63, 3.8) is 0 Å². The molecule has 3 N–H and O–H groups in total. The molecule has 0 unspecified atom stereocenters. The number of nitrogens with zero attached hydrogens (tertiary/aromatic N) is 2. The van der Waals surface area contributed by atoms with Crippen LogP contribution in [0.2, 0.25) is 5.02 Å². The number of hydrogen-bond donors (Lipinski definition) is 3. The highest BCUT2D eigenvalue weighted by atomic mass is 35.5. The molecular formula is C19H21ClN4O3. The predicted octanol–water partition coefficient (Wildman–Crippen LogP) is 1.62. The maximum atomic E-state index is 12.4. The number of nitrogens with one attached hydrogen (secondary N) is 2. The van der Waals surface area contributed by atoms with E-state index in [0.717, 1.165) is 5.69 Å². The number of hydrogen-bond acceptors (Lipinski definition) is 5. The minimum Gasteiger partial charge on any atom is -0.391 e. The second-order valence-corrected chi connectivity index (χ2v) is 7.13. The molecule has 2 aromatic rings. The Balaban J connectivity index is 1.53. The first-order chi connectivity index (χ1) is 12.9. The van der Waals surface area contributed by atoms with Gasteiger partial charge in [-0.25, -0.2) is 0 Å². The van der Waals surface area contributed by atoms with Crippen molar-refractivity contribution in [2.75, 3.05) is 0 Å². The zero-order valence-electron chi connectivity index (χ0n) is 14.9. The molecule has 8 heteroatoms. The summed E-state index contributed by atoms with van der Waals surface area (Å²) in [7, 11) is 0. The summed E-state index contributed by atoms with van der Waals surface area (Å²) in [6.45, 7) is 2.12. The third-order valence-electron chi connectivity index (χ3n) is 4.58. The van der Waals surface area contributed by atoms with Gasteiger partial charge < -0.3 is 15.7 Å². The van der Waals surface area contributed by atoms with Gasteiger partial charge in [0.2, 0.25) is 5.91 Å². The Morgan fingerprint density at radius 2 is 2.07 bits per heavy atom. The fourth-order valence-electron chi connectivity index (χ4n) is 3.10. The highest BCUT2D eigenvalue weighted by Gasteiger charge is 2.37. The van der Waals surface area contributed by atoms with Crippen LogP contribution in [0.15, 0.2) is 36.7 Å². The quantitative estimate of drug-likeness (QED) is 0.722. The van der Waals surface area contributed by atoms with E-state index in [-0.39, 0.29) is 24.3 Å². The van der Waals surface area contributed by atoms with Gasteiger partial charge in [0.25, 0.3) is 5.91 Å². The van der Waals surface area contributed by atoms with Crippen LogP contribution in [-0.4, -0.2) is 39.0 Å². The Morgan fingerprint density at radius 1 is 1.26 bits per heavy atom. The predicted molar refractivity (Wildman–Crippen MR) is 100 cm³/mol. The lowest BCUT2D eigenvalue weighted by molar-refractivity contribution is -0.125. The van der Waals surface area contributed by atoms with Crippen LogP contribution in [-0.2, 0) is 11.3 Å². The van der Waals surface area contributed by atoms with E-state index in [2.05, 4.69) is 20.6 Å². The lowest BCUT2D eigenvalue weighted by Gasteiger charge is -2.16. The highest BCUT2D eigenvalue weighted by Crippen LogP contribution is 2.27. The van der Waals surface area contributed by atoms with Crippen LogP contribution >= 0.6 is 11.6 Å². The smallest absolute Gasteiger partial charge is 0.251 e. The molecule has 1 aliphatic carbocycles. The molecule has 0 aliphatic heterocycles. The lowest BCUT2D eigenvalue weighted by Crippen LogP contribution is -2.40. The molecule has 0 bridgehead atoms. The summed E-state index contributed by atoms with van der Waals surface area (Å²) in [5.41, 5.74) is 1.89. The zero-order chi connectivity index (χ0) is 19.4. The second-order valence-electron chi connectivity index (χ2n) is 6.69. The first kappa shape index (κ1) is 19.3. The molecule has 142 valence electrons. The minimum atomic E-state index is -0.775. The Hall–Kier alpha value is -2.51. The van der Waals surface area contributed by atoms with Crippen LogP contribution in [0.25, 0.3) is 0 Å². The van der Waals surface area contributed by atoms with Gasteiger partial charge in [-0.3, -0.25) is 19.6 Å². The van der Waals surface area contributed by atoms with Crippen LogP contribution in [0.4, 0.5) is 0 Å². The molecule has 3 rings (SSSR count). The molecule has 3 atom stereocenters. The summed E-state index contributed by atoms with van der Waals surface area (Å²) >= 11 is 5.90. The van der Waals surface area contributed by atoms with Gasteiger partial charge >= 0.3 is 0 Å². The Morgan fingerprint density at radius 3 is 2.78 bits per heavy atom. The molecular weight excluding hydrogens is 368 g/mol. The average molecular weight is 389 g/mol. The standard InChI is InChI=1S/C19H21ClN4O3/c1-11-8-22-15(9-21-11)10-23-18(26)13-6-16(17(25)7-13)24-19(27)12-3-2-4-14(20)5-12/h2-5,8-9,13,16-17,25H,6-7,10H2,1H3,(H,23,26)(H,24,27)/t13-,16-,17-/m0/s1. The van der Waals surface area contributed by atoms with E-state index in [1.54, 1.807) is 36.7 Å². The second kappa shape index (κ2) is 8.45. The Bertz CT molecular complexity index is 828. The maximum absolute atomic E-state index is 12.4. The summed E-state index contributed by atoms with van der Waals surface area (Å²) in [5, 5.41) is 16.3. The van der Waals surface area contributed by atoms with E-state index in [1.165, 1.54) is 0 Å². The van der Waals surface area contributed by atoms with E-state index < -0.39 is 12.1 Å². The molecule has 1 fully saturated rings. The number of aliphatic hydroxyl groups excluding tert-OH is 1. The van der Waals surface area contributed by atoms with Crippen molar-refractivity contribution >= 4 is 23.4 Å². The zero-order valence-corrected chi connectivity index (χ0v) is 15.6. The highest BCUT2D eigenvalue weighted by molar-refractivity contribution is 6.30. The van der Waals surface area contributed by atoms with Gasteiger partial charge in [0, 0.05) is 22.7 Å². The number of rotatable bonds is 5. The van der Waals surface area contributed by atoms with Crippen molar-refractivity contribution in [3.8, 4) is 0 Å². The summed E-state index contributed by atoms with van der Waals surface area (Å²) < 4.78 is 0. The maximum Gasteiger partial charge on any atom is 0.251 e. The molecule has 1 aliphatic rings. The van der Waals surface area contributed by atoms with Gasteiger partial charge in [-0.15, -0.1) is 0 Å². The fourth-order valence-corrected chi connectivity index (χ4v) is 3.29. The van der Waals surface area contributed by atoms with E-state index >= 15 is 0 Å². The van der Waals surface area contributed by atoms with Gasteiger partial charge in [0.15, 0.2) is 0 Å². The summed E-state index contributed by atoms with van der Waals surface area (Å²) in [6, 6.07) is 6.10. The van der Waals surface area contributed by atoms with Gasteiger partial charge in [-0.1, -0.05) is 17.7 Å². The van der Waals surface area contributed by atoms with Crippen LogP contribution in [0, 0.1) is 12.8 Å². The van der Waals surface area contributed by atoms with E-state index in [9.17, 15) is 14.7 Å². The molecule has 0 radical (unpaired) electrons. The number of halogens is 1. The largest absolute Gasteiger partial charge is 0.391 e. The number of aryl methyl sites for hydroxylation is 1. The SMILES string of the molecule is Cc1cnc(CNC(=O)[C@H]2C[C@H](NC(=O)c3cccc(Cl)c3)[C@@H](O)C2)cn1. The number of carbonyl (C=O) groups excluding carboxylic acids is 2. The number of benzene rings is 1. The topological polar surface area (TPSA) is 104 Å². The van der Waals surface area contributed by atoms with Crippen LogP contribution < -0.4 is 10.6 Å². The number of aromatic nitrogens is 2. The summed E-state index contributed by atoms with van der Waals surface area (Å²) in [5.74, 6) is -0.864. The Kier molecular flexibility index (Phi) is 6.03. The summed E-state index contributed by atoms with van der Waals surface area (Å²) in [4.78, 5) is 33.0. The third kappa shape index (κ3) is 5.02. The van der Waals surface area contributed by atoms with Crippen molar-refractivity contribution in [1.82, 2.24) is 20.6 Å². The van der Waals surface area contributed by atoms with Gasteiger partial charge in [-0.2, -0.15) is 0 Å². The molecule has 1 aromatic carbocycles. The average Bonchev–Trinajstić information content (AvgIpc) is 3.01. The summed E-state index contributed by atoms with van der Waals surface area (Å²) in [6.07, 6.45) is 3.16. The van der Waals surface area contributed by atoms with E-state index in [4.69, 9.17) is 11.6 Å². The number of aliphatic hydroxyl groups is 1. The van der Waals surface area contributed by atoms with E-state index in [0.29, 0.717) is 29.1 Å². The molecule has 2 amide bonds. The first-order valence-electron chi connectivity index (χ1n) is 8.72. The van der Waals surface area contributed by atoms with Crippen molar-refractivity contribution in [1.29, 1.82) is 0 Å². The van der Waals surface area contributed by atoms with Gasteiger partial charge in [0.1, 0.15) is 0 Å². The third-order valence-corrected chi connectivity index (χ3v) is 4.82. The molecule has 1 heterocycles. The van der Waals surface area contributed by atoms with Crippen molar-refractivity contribution < 1.29 is 14.7 Å². The molecule has 1 saturated carbocycles. The van der Waals surface area contributed by atoms with Crippen molar-refractivity contribution in [2.24, 2.45) is 5.92 Å². The minimum absolute atomic E-state index is 0.170. The normalized spacial score (nSPS) is 21.7. The van der Waals surface area contributed by atoms with Crippen LogP contribution in [0.1, 0.15) is 34.6 Å². The number of carbonyl (C=O) groups is 2. The first-order valence-corrected chi connectivity index (χ1v) is 9.10. The van der Waals surface area contributed by atoms with Crippen molar-refractivity contribution in [3.05, 3.63) is 58.6 Å². The van der Waals surface area contributed by atoms with Crippen LogP contribution in [0.3, 0.4) is 0 Å². The molecule has 1 aromatic heterocycles. The van der Waals surface area contributed by atoms with Crippen LogP contribution in [0.5, 0.6) is 0 Å². The van der Waals surface area contributed by atoms with Gasteiger partial charge in [-0.05, 0) is 38.0 Å². The monoisotopic (exact) mass is 388 g/mol. The van der Waals surface area contributed by atoms with Gasteiger partial charge in [0.05, 0.1) is 36.3 Å². The molecule has 7 nitrogen and oxygen atoms in total. The van der Waals surface area contributed by atoms with E-state index in [1.807, 2.05) is 6.92 Å². The Labute approximate surface area is 162 Å². The van der Waals surface area contributed by atoms with Crippen molar-refractivity contribution in [2.45, 2.75) is 38.5 Å². The molecule has 27 heavy (non-hydrogen) atoms. The fraction of sp³-hybridized carbons (Fsp3) is 0.368. The molecule has 0 saturated heterocycles.